The molecule has 2 atom stereocenters. The highest BCUT2D eigenvalue weighted by Gasteiger charge is 2.31. The van der Waals surface area contributed by atoms with Crippen molar-refractivity contribution in [3.63, 3.8) is 0 Å². The average molecular weight is 442 g/mol. The first-order chi connectivity index (χ1) is 9.65. The normalized spacial score (nSPS) is 20.5. The third-order valence-electron chi connectivity index (χ3n) is 3.56. The molecule has 0 spiro atoms. The molecule has 0 saturated carbocycles. The minimum atomic E-state index is -0.0208. The molecule has 2 nitrogen and oxygen atoms in total. The van der Waals surface area contributed by atoms with E-state index in [-0.39, 0.29) is 16.8 Å². The quantitative estimate of drug-likeness (QED) is 0.552. The van der Waals surface area contributed by atoms with Crippen molar-refractivity contribution >= 4 is 44.4 Å². The van der Waals surface area contributed by atoms with Gasteiger partial charge in [0.05, 0.1) is 6.04 Å². The Morgan fingerprint density at radius 1 is 1.15 bits per heavy atom. The second kappa shape index (κ2) is 5.85. The summed E-state index contributed by atoms with van der Waals surface area (Å²) in [6.07, 6.45) is 0.952. The topological polar surface area (TPSA) is 29.1 Å². The van der Waals surface area contributed by atoms with E-state index < -0.39 is 0 Å². The summed E-state index contributed by atoms with van der Waals surface area (Å²) >= 11 is 5.92. The molecule has 0 aromatic heterocycles. The molecule has 1 N–H and O–H groups in total. The number of carbonyl (C=O) groups excluding carboxylic acids is 1. The number of halogens is 2. The molecule has 1 amide bonds. The van der Waals surface area contributed by atoms with Gasteiger partial charge in [-0.3, -0.25) is 4.79 Å². The lowest BCUT2D eigenvalue weighted by Crippen LogP contribution is -2.31. The van der Waals surface area contributed by atoms with Gasteiger partial charge in [-0.2, -0.15) is 0 Å². The van der Waals surface area contributed by atoms with Gasteiger partial charge in [0.2, 0.25) is 0 Å². The van der Waals surface area contributed by atoms with Gasteiger partial charge >= 0.3 is 0 Å². The number of benzene rings is 2. The molecule has 4 heteroatoms. The lowest BCUT2D eigenvalue weighted by molar-refractivity contribution is 0.0938. The van der Waals surface area contributed by atoms with Crippen LogP contribution in [0, 0.1) is 3.57 Å². The Labute approximate surface area is 140 Å². The Bertz CT molecular complexity index is 641. The summed E-state index contributed by atoms with van der Waals surface area (Å²) in [7, 11) is 0. The van der Waals surface area contributed by atoms with Crippen LogP contribution in [0.25, 0.3) is 0 Å². The average Bonchev–Trinajstić information content (AvgIpc) is 2.76. The molecule has 0 bridgehead atoms. The highest BCUT2D eigenvalue weighted by Crippen LogP contribution is 2.35. The molecule has 0 saturated heterocycles. The molecule has 0 aliphatic heterocycles. The SMILES string of the molecule is O=C(NC1c2ccccc2CC1Br)c1ccc(I)cc1. The van der Waals surface area contributed by atoms with E-state index >= 15 is 0 Å². The lowest BCUT2D eigenvalue weighted by atomic mass is 10.1. The molecule has 1 aliphatic rings. The Hall–Kier alpha value is -0.880. The first-order valence-corrected chi connectivity index (χ1v) is 8.43. The van der Waals surface area contributed by atoms with Crippen molar-refractivity contribution in [1.29, 1.82) is 0 Å². The predicted molar refractivity (Wildman–Crippen MR) is 92.2 cm³/mol. The third kappa shape index (κ3) is 2.76. The van der Waals surface area contributed by atoms with E-state index in [1.807, 2.05) is 36.4 Å². The predicted octanol–water partition coefficient (Wildman–Crippen LogP) is 4.08. The van der Waals surface area contributed by atoms with Crippen LogP contribution < -0.4 is 5.32 Å². The number of rotatable bonds is 2. The van der Waals surface area contributed by atoms with Gasteiger partial charge in [0, 0.05) is 14.0 Å². The first-order valence-electron chi connectivity index (χ1n) is 6.43. The van der Waals surface area contributed by atoms with Crippen LogP contribution >= 0.6 is 38.5 Å². The van der Waals surface area contributed by atoms with E-state index in [4.69, 9.17) is 0 Å². The summed E-state index contributed by atoms with van der Waals surface area (Å²) in [6.45, 7) is 0. The van der Waals surface area contributed by atoms with Crippen LogP contribution in [0.2, 0.25) is 0 Å². The largest absolute Gasteiger partial charge is 0.344 e. The van der Waals surface area contributed by atoms with E-state index in [1.165, 1.54) is 11.1 Å². The van der Waals surface area contributed by atoms with Crippen molar-refractivity contribution < 1.29 is 4.79 Å². The zero-order valence-electron chi connectivity index (χ0n) is 10.6. The molecule has 0 heterocycles. The molecule has 20 heavy (non-hydrogen) atoms. The minimum Gasteiger partial charge on any atom is -0.344 e. The summed E-state index contributed by atoms with van der Waals surface area (Å²) in [5.74, 6) is -0.0208. The van der Waals surface area contributed by atoms with Gasteiger partial charge in [0.25, 0.3) is 5.91 Å². The van der Waals surface area contributed by atoms with Gasteiger partial charge in [-0.05, 0) is 64.4 Å². The maximum absolute atomic E-state index is 12.3. The number of carbonyl (C=O) groups is 1. The van der Waals surface area contributed by atoms with Crippen molar-refractivity contribution in [2.45, 2.75) is 17.3 Å². The molecule has 2 aromatic rings. The molecule has 3 rings (SSSR count). The van der Waals surface area contributed by atoms with Crippen molar-refractivity contribution in [3.05, 3.63) is 68.8 Å². The van der Waals surface area contributed by atoms with Gasteiger partial charge in [-0.15, -0.1) is 0 Å². The van der Waals surface area contributed by atoms with E-state index in [2.05, 4.69) is 56.0 Å². The lowest BCUT2D eigenvalue weighted by Gasteiger charge is -2.17. The summed E-state index contributed by atoms with van der Waals surface area (Å²) < 4.78 is 1.13. The van der Waals surface area contributed by atoms with E-state index in [0.29, 0.717) is 5.56 Å². The zero-order chi connectivity index (χ0) is 14.1. The van der Waals surface area contributed by atoms with Crippen molar-refractivity contribution in [2.24, 2.45) is 0 Å². The van der Waals surface area contributed by atoms with Crippen LogP contribution in [0.5, 0.6) is 0 Å². The van der Waals surface area contributed by atoms with Crippen LogP contribution in [0.1, 0.15) is 27.5 Å². The molecule has 2 aromatic carbocycles. The Balaban J connectivity index is 1.81. The highest BCUT2D eigenvalue weighted by molar-refractivity contribution is 14.1. The monoisotopic (exact) mass is 441 g/mol. The molecule has 0 fully saturated rings. The van der Waals surface area contributed by atoms with E-state index in [0.717, 1.165) is 9.99 Å². The van der Waals surface area contributed by atoms with Gasteiger partial charge in [0.15, 0.2) is 0 Å². The molecular formula is C16H13BrINO. The standard InChI is InChI=1S/C16H13BrINO/c17-14-9-11-3-1-2-4-13(11)15(14)19-16(20)10-5-7-12(18)8-6-10/h1-8,14-15H,9H2,(H,19,20). The molecular weight excluding hydrogens is 429 g/mol. The fourth-order valence-electron chi connectivity index (χ4n) is 2.54. The zero-order valence-corrected chi connectivity index (χ0v) is 14.4. The van der Waals surface area contributed by atoms with E-state index in [1.54, 1.807) is 0 Å². The van der Waals surface area contributed by atoms with Gasteiger partial charge < -0.3 is 5.32 Å². The first kappa shape index (κ1) is 14.1. The van der Waals surface area contributed by atoms with Crippen molar-refractivity contribution in [3.8, 4) is 0 Å². The van der Waals surface area contributed by atoms with Crippen molar-refractivity contribution in [1.82, 2.24) is 5.32 Å². The second-order valence-corrected chi connectivity index (χ2v) is 7.30. The molecule has 1 aliphatic carbocycles. The van der Waals surface area contributed by atoms with Gasteiger partial charge in [-0.1, -0.05) is 40.2 Å². The molecule has 2 unspecified atom stereocenters. The number of fused-ring (bicyclic) bond motifs is 1. The highest BCUT2D eigenvalue weighted by atomic mass is 127. The number of alkyl halides is 1. The molecule has 0 radical (unpaired) electrons. The maximum atomic E-state index is 12.3. The summed E-state index contributed by atoms with van der Waals surface area (Å²) in [4.78, 5) is 12.6. The fraction of sp³-hybridized carbons (Fsp3) is 0.188. The van der Waals surface area contributed by atoms with Crippen LogP contribution in [0.15, 0.2) is 48.5 Å². The van der Waals surface area contributed by atoms with Crippen LogP contribution in [-0.2, 0) is 6.42 Å². The number of hydrogen-bond donors (Lipinski definition) is 1. The van der Waals surface area contributed by atoms with E-state index in [9.17, 15) is 4.79 Å². The van der Waals surface area contributed by atoms with Crippen LogP contribution in [0.4, 0.5) is 0 Å². The summed E-state index contributed by atoms with van der Waals surface area (Å²) in [6, 6.07) is 15.9. The second-order valence-electron chi connectivity index (χ2n) is 4.88. The Morgan fingerprint density at radius 2 is 1.85 bits per heavy atom. The van der Waals surface area contributed by atoms with Crippen molar-refractivity contribution in [2.75, 3.05) is 0 Å². The smallest absolute Gasteiger partial charge is 0.251 e. The number of amides is 1. The van der Waals surface area contributed by atoms with Gasteiger partial charge in [0.1, 0.15) is 0 Å². The van der Waals surface area contributed by atoms with Crippen LogP contribution in [0.3, 0.4) is 0 Å². The Kier molecular flexibility index (Phi) is 4.12. The third-order valence-corrected chi connectivity index (χ3v) is 5.13. The summed E-state index contributed by atoms with van der Waals surface area (Å²) in [5, 5.41) is 3.13. The number of hydrogen-bond acceptors (Lipinski definition) is 1. The van der Waals surface area contributed by atoms with Crippen LogP contribution in [-0.4, -0.2) is 10.7 Å². The number of nitrogens with one attached hydrogen (secondary N) is 1. The Morgan fingerprint density at radius 3 is 2.60 bits per heavy atom. The maximum Gasteiger partial charge on any atom is 0.251 e. The fourth-order valence-corrected chi connectivity index (χ4v) is 3.67. The minimum absolute atomic E-state index is 0.0208. The molecule has 102 valence electrons. The van der Waals surface area contributed by atoms with Gasteiger partial charge in [-0.25, -0.2) is 0 Å². The summed E-state index contributed by atoms with van der Waals surface area (Å²) in [5.41, 5.74) is 3.23.